The molecule has 54 valence electrons. The van der Waals surface area contributed by atoms with Crippen molar-refractivity contribution >= 4 is 0 Å². The van der Waals surface area contributed by atoms with E-state index in [1.165, 1.54) is 0 Å². The Kier molecular flexibility index (Phi) is 4.54. The van der Waals surface area contributed by atoms with Crippen LogP contribution in [-0.2, 0) is 9.47 Å². The second kappa shape index (κ2) is 4.65. The summed E-state index contributed by atoms with van der Waals surface area (Å²) in [5, 5.41) is 0. The fourth-order valence-corrected chi connectivity index (χ4v) is 0.571. The largest absolute Gasteiger partial charge is 0.377 e. The smallest absolute Gasteiger partial charge is 0.240 e. The van der Waals surface area contributed by atoms with Gasteiger partial charge in [0.1, 0.15) is 13.3 Å². The quantitative estimate of drug-likeness (QED) is 0.540. The molecule has 2 heteroatoms. The van der Waals surface area contributed by atoms with Crippen LogP contribution in [0, 0.1) is 6.10 Å². The summed E-state index contributed by atoms with van der Waals surface area (Å²) in [4.78, 5) is 0. The normalized spacial score (nSPS) is 13.3. The van der Waals surface area contributed by atoms with Crippen LogP contribution in [-0.4, -0.2) is 20.3 Å². The molecule has 0 aliphatic heterocycles. The van der Waals surface area contributed by atoms with E-state index in [-0.39, 0.29) is 6.10 Å². The van der Waals surface area contributed by atoms with Gasteiger partial charge in [0.25, 0.3) is 0 Å². The average Bonchev–Trinajstić information content (AvgIpc) is 1.87. The second-order valence-electron chi connectivity index (χ2n) is 2.16. The van der Waals surface area contributed by atoms with Crippen molar-refractivity contribution in [3.8, 4) is 0 Å². The summed E-state index contributed by atoms with van der Waals surface area (Å²) in [5.74, 6) is 0. The molecule has 0 N–H and O–H groups in total. The third-order valence-electron chi connectivity index (χ3n) is 1.33. The summed E-state index contributed by atoms with van der Waals surface area (Å²) >= 11 is 0. The predicted molar refractivity (Wildman–Crippen MR) is 37.0 cm³/mol. The zero-order valence-corrected chi connectivity index (χ0v) is 6.60. The van der Waals surface area contributed by atoms with Crippen molar-refractivity contribution in [2.45, 2.75) is 26.4 Å². The SMILES string of the molecule is CO[C+](C)CC(C)OC. The molecule has 0 aliphatic rings. The Hall–Kier alpha value is -0.210. The summed E-state index contributed by atoms with van der Waals surface area (Å²) in [6.07, 6.45) is 2.17. The molecule has 1 atom stereocenters. The molecule has 2 nitrogen and oxygen atoms in total. The number of hydrogen-bond acceptors (Lipinski definition) is 2. The molecule has 0 aliphatic carbocycles. The summed E-state index contributed by atoms with van der Waals surface area (Å²) in [7, 11) is 3.38. The van der Waals surface area contributed by atoms with Crippen molar-refractivity contribution in [1.29, 1.82) is 0 Å². The van der Waals surface area contributed by atoms with Crippen LogP contribution in [0.15, 0.2) is 0 Å². The standard InChI is InChI=1S/C7H15O2/c1-6(8-3)5-7(2)9-4/h6H,5H2,1-4H3/q+1. The van der Waals surface area contributed by atoms with E-state index < -0.39 is 0 Å². The van der Waals surface area contributed by atoms with E-state index in [9.17, 15) is 0 Å². The van der Waals surface area contributed by atoms with Gasteiger partial charge in [-0.15, -0.1) is 0 Å². The lowest BCUT2D eigenvalue weighted by molar-refractivity contribution is 0.0835. The number of rotatable bonds is 4. The van der Waals surface area contributed by atoms with Crippen LogP contribution in [0.25, 0.3) is 0 Å². The number of hydrogen-bond donors (Lipinski definition) is 0. The predicted octanol–water partition coefficient (Wildman–Crippen LogP) is 1.61. The van der Waals surface area contributed by atoms with Crippen LogP contribution in [0.1, 0.15) is 20.3 Å². The minimum absolute atomic E-state index is 0.268. The molecular weight excluding hydrogens is 116 g/mol. The molecule has 9 heavy (non-hydrogen) atoms. The minimum atomic E-state index is 0.268. The third kappa shape index (κ3) is 4.30. The molecular formula is C7H15O2+. The first-order valence-corrected chi connectivity index (χ1v) is 3.10. The van der Waals surface area contributed by atoms with Crippen LogP contribution in [0.2, 0.25) is 0 Å². The summed E-state index contributed by atoms with van der Waals surface area (Å²) in [5.41, 5.74) is 0. The van der Waals surface area contributed by atoms with Crippen LogP contribution >= 0.6 is 0 Å². The molecule has 0 aromatic rings. The summed E-state index contributed by atoms with van der Waals surface area (Å²) in [6, 6.07) is 0. The fourth-order valence-electron chi connectivity index (χ4n) is 0.571. The minimum Gasteiger partial charge on any atom is -0.377 e. The highest BCUT2D eigenvalue weighted by Gasteiger charge is 2.16. The van der Waals surface area contributed by atoms with E-state index in [0.717, 1.165) is 12.5 Å². The molecule has 0 saturated carbocycles. The molecule has 0 aromatic heterocycles. The average molecular weight is 131 g/mol. The van der Waals surface area contributed by atoms with Crippen molar-refractivity contribution in [3.63, 3.8) is 0 Å². The van der Waals surface area contributed by atoms with E-state index in [1.807, 2.05) is 13.8 Å². The Labute approximate surface area is 57.2 Å². The van der Waals surface area contributed by atoms with Crippen molar-refractivity contribution in [3.05, 3.63) is 6.10 Å². The van der Waals surface area contributed by atoms with E-state index in [1.54, 1.807) is 14.2 Å². The van der Waals surface area contributed by atoms with Gasteiger partial charge in [0.15, 0.2) is 0 Å². The van der Waals surface area contributed by atoms with E-state index >= 15 is 0 Å². The Morgan fingerprint density at radius 2 is 2.00 bits per heavy atom. The maximum atomic E-state index is 5.02. The number of ether oxygens (including phenoxy) is 2. The Morgan fingerprint density at radius 3 is 2.33 bits per heavy atom. The highest BCUT2D eigenvalue weighted by molar-refractivity contribution is 4.73. The Bertz CT molecular complexity index is 55.9. The first-order chi connectivity index (χ1) is 4.20. The van der Waals surface area contributed by atoms with Crippen LogP contribution in [0.3, 0.4) is 0 Å². The van der Waals surface area contributed by atoms with E-state index in [2.05, 4.69) is 0 Å². The van der Waals surface area contributed by atoms with Crippen molar-refractivity contribution < 1.29 is 9.47 Å². The van der Waals surface area contributed by atoms with Gasteiger partial charge in [0.2, 0.25) is 6.10 Å². The molecule has 0 heterocycles. The second-order valence-corrected chi connectivity index (χ2v) is 2.16. The first kappa shape index (κ1) is 8.79. The Balaban J connectivity index is 3.22. The topological polar surface area (TPSA) is 18.5 Å². The van der Waals surface area contributed by atoms with Gasteiger partial charge in [-0.25, -0.2) is 0 Å². The maximum absolute atomic E-state index is 5.02. The lowest BCUT2D eigenvalue weighted by atomic mass is 10.2. The first-order valence-electron chi connectivity index (χ1n) is 3.10. The molecule has 1 unspecified atom stereocenters. The van der Waals surface area contributed by atoms with Gasteiger partial charge in [0.05, 0.1) is 13.2 Å². The molecule has 0 radical (unpaired) electrons. The van der Waals surface area contributed by atoms with Crippen molar-refractivity contribution in [1.82, 2.24) is 0 Å². The highest BCUT2D eigenvalue weighted by atomic mass is 16.5. The van der Waals surface area contributed by atoms with E-state index in [4.69, 9.17) is 9.47 Å². The maximum Gasteiger partial charge on any atom is 0.240 e. The van der Waals surface area contributed by atoms with Gasteiger partial charge in [-0.1, -0.05) is 0 Å². The molecule has 0 amide bonds. The zero-order valence-electron chi connectivity index (χ0n) is 6.60. The Morgan fingerprint density at radius 1 is 1.44 bits per heavy atom. The fraction of sp³-hybridized carbons (Fsp3) is 0.857. The summed E-state index contributed by atoms with van der Waals surface area (Å²) < 4.78 is 9.98. The van der Waals surface area contributed by atoms with Crippen molar-refractivity contribution in [2.75, 3.05) is 14.2 Å². The van der Waals surface area contributed by atoms with Crippen molar-refractivity contribution in [2.24, 2.45) is 0 Å². The molecule has 0 saturated heterocycles. The van der Waals surface area contributed by atoms with Gasteiger partial charge in [-0.2, -0.15) is 4.74 Å². The molecule has 0 spiro atoms. The summed E-state index contributed by atoms with van der Waals surface area (Å²) in [6.45, 7) is 3.97. The monoisotopic (exact) mass is 131 g/mol. The van der Waals surface area contributed by atoms with Crippen LogP contribution < -0.4 is 0 Å². The van der Waals surface area contributed by atoms with Crippen LogP contribution in [0.4, 0.5) is 0 Å². The molecule has 0 rings (SSSR count). The highest BCUT2D eigenvalue weighted by Crippen LogP contribution is 2.09. The lowest BCUT2D eigenvalue weighted by Crippen LogP contribution is -2.09. The van der Waals surface area contributed by atoms with Gasteiger partial charge in [-0.05, 0) is 6.92 Å². The number of methoxy groups -OCH3 is 2. The van der Waals surface area contributed by atoms with Gasteiger partial charge in [0, 0.05) is 7.11 Å². The van der Waals surface area contributed by atoms with Gasteiger partial charge < -0.3 is 4.74 Å². The van der Waals surface area contributed by atoms with E-state index in [0.29, 0.717) is 0 Å². The zero-order chi connectivity index (χ0) is 7.28. The molecule has 0 fully saturated rings. The van der Waals surface area contributed by atoms with Crippen LogP contribution in [0.5, 0.6) is 0 Å². The molecule has 0 aromatic carbocycles. The lowest BCUT2D eigenvalue weighted by Gasteiger charge is -2.04. The van der Waals surface area contributed by atoms with Gasteiger partial charge >= 0.3 is 0 Å². The van der Waals surface area contributed by atoms with Gasteiger partial charge in [-0.3, -0.25) is 0 Å². The molecule has 0 bridgehead atoms. The third-order valence-corrected chi connectivity index (χ3v) is 1.33.